The summed E-state index contributed by atoms with van der Waals surface area (Å²) in [6.07, 6.45) is 0. The minimum atomic E-state index is -0.502. The smallest absolute Gasteiger partial charge is 0.126 e. The van der Waals surface area contributed by atoms with Crippen LogP contribution in [-0.4, -0.2) is 5.11 Å². The van der Waals surface area contributed by atoms with Crippen molar-refractivity contribution in [3.8, 4) is 16.9 Å². The lowest BCUT2D eigenvalue weighted by Gasteiger charge is -2.04. The highest BCUT2D eigenvalue weighted by Crippen LogP contribution is 2.29. The van der Waals surface area contributed by atoms with Crippen LogP contribution < -0.4 is 0 Å². The van der Waals surface area contributed by atoms with E-state index in [0.29, 0.717) is 11.1 Å². The molecule has 1 N–H and O–H groups in total. The van der Waals surface area contributed by atoms with E-state index in [1.807, 2.05) is 0 Å². The number of hydrogen-bond acceptors (Lipinski definition) is 1. The molecule has 0 bridgehead atoms. The van der Waals surface area contributed by atoms with Crippen molar-refractivity contribution in [3.05, 3.63) is 54.1 Å². The van der Waals surface area contributed by atoms with E-state index < -0.39 is 5.82 Å². The quantitative estimate of drug-likeness (QED) is 0.758. The third-order valence-corrected chi connectivity index (χ3v) is 2.12. The Balaban J connectivity index is 2.49. The minimum absolute atomic E-state index is 0.151. The average Bonchev–Trinajstić information content (AvgIpc) is 2.20. The fourth-order valence-electron chi connectivity index (χ4n) is 1.38. The summed E-state index contributed by atoms with van der Waals surface area (Å²) >= 11 is 0. The molecule has 76 valence electrons. The van der Waals surface area contributed by atoms with Gasteiger partial charge in [0.2, 0.25) is 0 Å². The third-order valence-electron chi connectivity index (χ3n) is 2.12. The number of benzene rings is 2. The van der Waals surface area contributed by atoms with E-state index >= 15 is 0 Å². The van der Waals surface area contributed by atoms with Gasteiger partial charge in [-0.25, -0.2) is 8.78 Å². The van der Waals surface area contributed by atoms with Crippen molar-refractivity contribution in [2.75, 3.05) is 0 Å². The summed E-state index contributed by atoms with van der Waals surface area (Å²) in [6, 6.07) is 9.37. The summed E-state index contributed by atoms with van der Waals surface area (Å²) in [4.78, 5) is 0. The van der Waals surface area contributed by atoms with E-state index in [2.05, 4.69) is 0 Å². The van der Waals surface area contributed by atoms with Crippen molar-refractivity contribution < 1.29 is 13.9 Å². The Morgan fingerprint density at radius 3 is 2.00 bits per heavy atom. The molecular weight excluding hydrogens is 198 g/mol. The molecule has 0 aliphatic rings. The lowest BCUT2D eigenvalue weighted by molar-refractivity contribution is 0.471. The Kier molecular flexibility index (Phi) is 2.37. The molecule has 3 heteroatoms. The van der Waals surface area contributed by atoms with E-state index in [1.165, 1.54) is 36.4 Å². The summed E-state index contributed by atoms with van der Waals surface area (Å²) < 4.78 is 25.4. The second kappa shape index (κ2) is 3.69. The summed E-state index contributed by atoms with van der Waals surface area (Å²) in [5, 5.41) is 9.48. The molecule has 2 rings (SSSR count). The molecule has 0 amide bonds. The molecule has 0 saturated heterocycles. The molecule has 0 unspecified atom stereocenters. The monoisotopic (exact) mass is 206 g/mol. The predicted molar refractivity (Wildman–Crippen MR) is 53.5 cm³/mol. The van der Waals surface area contributed by atoms with Gasteiger partial charge >= 0.3 is 0 Å². The van der Waals surface area contributed by atoms with Gasteiger partial charge in [0.05, 0.1) is 0 Å². The first-order chi connectivity index (χ1) is 7.16. The van der Waals surface area contributed by atoms with Crippen LogP contribution in [0.1, 0.15) is 0 Å². The summed E-state index contributed by atoms with van der Waals surface area (Å²) in [6.45, 7) is 0. The first-order valence-corrected chi connectivity index (χ1v) is 4.41. The molecule has 0 saturated carbocycles. The van der Waals surface area contributed by atoms with E-state index in [1.54, 1.807) is 0 Å². The topological polar surface area (TPSA) is 20.2 Å². The Labute approximate surface area is 85.6 Å². The molecule has 0 atom stereocenters. The molecule has 0 aliphatic carbocycles. The van der Waals surface area contributed by atoms with E-state index in [-0.39, 0.29) is 11.6 Å². The zero-order valence-corrected chi connectivity index (χ0v) is 7.74. The molecule has 0 aliphatic heterocycles. The first kappa shape index (κ1) is 9.65. The Bertz CT molecular complexity index is 477. The van der Waals surface area contributed by atoms with Crippen LogP contribution in [0.15, 0.2) is 42.5 Å². The van der Waals surface area contributed by atoms with Crippen LogP contribution >= 0.6 is 0 Å². The lowest BCUT2D eigenvalue weighted by atomic mass is 10.0. The summed E-state index contributed by atoms with van der Waals surface area (Å²) in [7, 11) is 0. The fraction of sp³-hybridized carbons (Fsp3) is 0. The van der Waals surface area contributed by atoms with E-state index in [9.17, 15) is 13.9 Å². The second-order valence-electron chi connectivity index (χ2n) is 3.17. The molecule has 0 heterocycles. The van der Waals surface area contributed by atoms with Gasteiger partial charge in [-0.15, -0.1) is 0 Å². The highest BCUT2D eigenvalue weighted by atomic mass is 19.1. The molecule has 2 aromatic carbocycles. The van der Waals surface area contributed by atoms with Gasteiger partial charge in [-0.2, -0.15) is 0 Å². The standard InChI is InChI=1S/C12H8F2O/c13-9-3-1-8(2-4-9)11-6-5-10(14)7-12(11)15/h1-7,15H. The van der Waals surface area contributed by atoms with Crippen molar-refractivity contribution in [2.45, 2.75) is 0 Å². The number of halogens is 2. The van der Waals surface area contributed by atoms with Gasteiger partial charge in [0.15, 0.2) is 0 Å². The molecule has 2 aromatic rings. The molecule has 0 spiro atoms. The van der Waals surface area contributed by atoms with E-state index in [4.69, 9.17) is 0 Å². The number of aromatic hydroxyl groups is 1. The van der Waals surface area contributed by atoms with Crippen LogP contribution in [0.4, 0.5) is 8.78 Å². The number of hydrogen-bond donors (Lipinski definition) is 1. The Hall–Kier alpha value is -1.90. The molecule has 15 heavy (non-hydrogen) atoms. The normalized spacial score (nSPS) is 10.3. The first-order valence-electron chi connectivity index (χ1n) is 4.41. The van der Waals surface area contributed by atoms with Gasteiger partial charge in [0.1, 0.15) is 17.4 Å². The maximum atomic E-state index is 12.7. The van der Waals surface area contributed by atoms with Crippen molar-refractivity contribution >= 4 is 0 Å². The van der Waals surface area contributed by atoms with Gasteiger partial charge in [0, 0.05) is 11.6 Å². The van der Waals surface area contributed by atoms with Crippen LogP contribution in [0, 0.1) is 11.6 Å². The number of phenols is 1. The van der Waals surface area contributed by atoms with Gasteiger partial charge in [0.25, 0.3) is 0 Å². The van der Waals surface area contributed by atoms with Gasteiger partial charge < -0.3 is 5.11 Å². The fourth-order valence-corrected chi connectivity index (χ4v) is 1.38. The molecule has 0 radical (unpaired) electrons. The van der Waals surface area contributed by atoms with Gasteiger partial charge in [-0.1, -0.05) is 12.1 Å². The molecule has 0 fully saturated rings. The van der Waals surface area contributed by atoms with Crippen LogP contribution in [0.3, 0.4) is 0 Å². The highest BCUT2D eigenvalue weighted by molar-refractivity contribution is 5.69. The largest absolute Gasteiger partial charge is 0.507 e. The maximum Gasteiger partial charge on any atom is 0.126 e. The summed E-state index contributed by atoms with van der Waals surface area (Å²) in [5.74, 6) is -1.000. The SMILES string of the molecule is Oc1cc(F)ccc1-c1ccc(F)cc1. The average molecular weight is 206 g/mol. The molecular formula is C12H8F2O. The highest BCUT2D eigenvalue weighted by Gasteiger charge is 2.05. The van der Waals surface area contributed by atoms with Crippen molar-refractivity contribution in [1.82, 2.24) is 0 Å². The van der Waals surface area contributed by atoms with Crippen LogP contribution in [0.25, 0.3) is 11.1 Å². The lowest BCUT2D eigenvalue weighted by Crippen LogP contribution is -1.81. The van der Waals surface area contributed by atoms with Crippen molar-refractivity contribution in [2.24, 2.45) is 0 Å². The zero-order valence-electron chi connectivity index (χ0n) is 7.74. The number of phenolic OH excluding ortho intramolecular Hbond substituents is 1. The van der Waals surface area contributed by atoms with Crippen LogP contribution in [0.2, 0.25) is 0 Å². The van der Waals surface area contributed by atoms with Crippen LogP contribution in [0.5, 0.6) is 5.75 Å². The van der Waals surface area contributed by atoms with E-state index in [0.717, 1.165) is 6.07 Å². The van der Waals surface area contributed by atoms with Crippen molar-refractivity contribution in [3.63, 3.8) is 0 Å². The maximum absolute atomic E-state index is 12.7. The molecule has 1 nitrogen and oxygen atoms in total. The van der Waals surface area contributed by atoms with Crippen LogP contribution in [-0.2, 0) is 0 Å². The Morgan fingerprint density at radius 1 is 0.800 bits per heavy atom. The van der Waals surface area contributed by atoms with Gasteiger partial charge in [-0.05, 0) is 29.8 Å². The Morgan fingerprint density at radius 2 is 1.40 bits per heavy atom. The third kappa shape index (κ3) is 1.96. The molecule has 0 aromatic heterocycles. The van der Waals surface area contributed by atoms with Crippen molar-refractivity contribution in [1.29, 1.82) is 0 Å². The summed E-state index contributed by atoms with van der Waals surface area (Å²) in [5.41, 5.74) is 1.13. The van der Waals surface area contributed by atoms with Gasteiger partial charge in [-0.3, -0.25) is 0 Å². The zero-order chi connectivity index (χ0) is 10.8. The number of rotatable bonds is 1. The second-order valence-corrected chi connectivity index (χ2v) is 3.17. The minimum Gasteiger partial charge on any atom is -0.507 e. The predicted octanol–water partition coefficient (Wildman–Crippen LogP) is 3.34.